The molecule has 1 N–H and O–H groups in total. The first kappa shape index (κ1) is 15.8. The van der Waals surface area contributed by atoms with Crippen LogP contribution in [0.15, 0.2) is 24.3 Å². The van der Waals surface area contributed by atoms with E-state index in [2.05, 4.69) is 15.0 Å². The fourth-order valence-corrected chi connectivity index (χ4v) is 1.94. The highest BCUT2D eigenvalue weighted by molar-refractivity contribution is 5.86. The molecule has 0 amide bonds. The average molecular weight is 315 g/mol. The van der Waals surface area contributed by atoms with Gasteiger partial charge in [-0.15, -0.1) is 18.3 Å². The molecule has 0 aliphatic rings. The van der Waals surface area contributed by atoms with Gasteiger partial charge >= 0.3 is 12.3 Å². The van der Waals surface area contributed by atoms with Crippen LogP contribution in [0.25, 0.3) is 5.69 Å². The Morgan fingerprint density at radius 1 is 1.27 bits per heavy atom. The Balaban J connectivity index is 2.39. The number of nitrogens with zero attached hydrogens (tertiary/aromatic N) is 3. The van der Waals surface area contributed by atoms with E-state index in [1.54, 1.807) is 13.8 Å². The van der Waals surface area contributed by atoms with Gasteiger partial charge in [0.25, 0.3) is 0 Å². The number of alkyl halides is 3. The Morgan fingerprint density at radius 3 is 2.32 bits per heavy atom. The third kappa shape index (κ3) is 3.35. The summed E-state index contributed by atoms with van der Waals surface area (Å²) >= 11 is 0. The number of ether oxygens (including phenoxy) is 1. The smallest absolute Gasteiger partial charge is 0.476 e. The summed E-state index contributed by atoms with van der Waals surface area (Å²) in [4.78, 5) is 11.1. The monoisotopic (exact) mass is 315 g/mol. The number of carboxylic acids is 1. The number of carbonyl (C=O) groups is 1. The standard InChI is InChI=1S/C13H12F3N3O3/c1-7(2)11-10(12(20)21)17-18-19(11)8-3-5-9(6-4-8)22-13(14,15)16/h3-7H,1-2H3,(H,20,21). The van der Waals surface area contributed by atoms with Crippen molar-refractivity contribution in [3.8, 4) is 11.4 Å². The van der Waals surface area contributed by atoms with Gasteiger partial charge in [0.2, 0.25) is 0 Å². The lowest BCUT2D eigenvalue weighted by molar-refractivity contribution is -0.274. The molecule has 1 heterocycles. The van der Waals surface area contributed by atoms with E-state index in [4.69, 9.17) is 5.11 Å². The molecule has 0 fully saturated rings. The summed E-state index contributed by atoms with van der Waals surface area (Å²) in [6, 6.07) is 4.92. The molecule has 2 aromatic rings. The van der Waals surface area contributed by atoms with Crippen molar-refractivity contribution in [2.75, 3.05) is 0 Å². The summed E-state index contributed by atoms with van der Waals surface area (Å²) in [5.74, 6) is -1.78. The maximum atomic E-state index is 12.1. The van der Waals surface area contributed by atoms with Crippen LogP contribution in [0.1, 0.15) is 35.9 Å². The van der Waals surface area contributed by atoms with Crippen LogP contribution in [0.5, 0.6) is 5.75 Å². The normalized spacial score (nSPS) is 11.7. The molecule has 2 rings (SSSR count). The van der Waals surface area contributed by atoms with E-state index in [0.717, 1.165) is 12.1 Å². The number of carboxylic acid groups (broad SMARTS) is 1. The summed E-state index contributed by atoms with van der Waals surface area (Å²) in [5, 5.41) is 16.4. The second kappa shape index (κ2) is 5.66. The maximum absolute atomic E-state index is 12.1. The van der Waals surface area contributed by atoms with E-state index >= 15 is 0 Å². The highest BCUT2D eigenvalue weighted by Crippen LogP contribution is 2.25. The summed E-state index contributed by atoms with van der Waals surface area (Å²) in [7, 11) is 0. The van der Waals surface area contributed by atoms with Crippen molar-refractivity contribution < 1.29 is 27.8 Å². The molecule has 0 saturated heterocycles. The minimum Gasteiger partial charge on any atom is -0.476 e. The molecule has 1 aromatic carbocycles. The van der Waals surface area contributed by atoms with Crippen molar-refractivity contribution in [3.05, 3.63) is 35.7 Å². The predicted octanol–water partition coefficient (Wildman–Crippen LogP) is 2.99. The van der Waals surface area contributed by atoms with E-state index in [1.165, 1.54) is 16.8 Å². The molecule has 0 saturated carbocycles. The molecule has 0 aliphatic carbocycles. The van der Waals surface area contributed by atoms with Crippen LogP contribution < -0.4 is 4.74 Å². The van der Waals surface area contributed by atoms with E-state index in [9.17, 15) is 18.0 Å². The SMILES string of the molecule is CC(C)c1c(C(=O)O)nnn1-c1ccc(OC(F)(F)F)cc1. The van der Waals surface area contributed by atoms with Gasteiger partial charge in [-0.25, -0.2) is 9.48 Å². The number of benzene rings is 1. The molecule has 0 aliphatic heterocycles. The minimum atomic E-state index is -4.77. The van der Waals surface area contributed by atoms with Crippen LogP contribution in [0.2, 0.25) is 0 Å². The molecular weight excluding hydrogens is 303 g/mol. The molecule has 0 radical (unpaired) electrons. The van der Waals surface area contributed by atoms with E-state index in [-0.39, 0.29) is 17.4 Å². The fraction of sp³-hybridized carbons (Fsp3) is 0.308. The van der Waals surface area contributed by atoms with E-state index in [0.29, 0.717) is 11.4 Å². The van der Waals surface area contributed by atoms with Crippen LogP contribution in [0.4, 0.5) is 13.2 Å². The topological polar surface area (TPSA) is 77.2 Å². The molecule has 0 unspecified atom stereocenters. The lowest BCUT2D eigenvalue weighted by atomic mass is 10.1. The Labute approximate surface area is 123 Å². The summed E-state index contributed by atoms with van der Waals surface area (Å²) in [6.07, 6.45) is -4.77. The minimum absolute atomic E-state index is 0.188. The average Bonchev–Trinajstić information content (AvgIpc) is 2.82. The van der Waals surface area contributed by atoms with Gasteiger partial charge < -0.3 is 9.84 Å². The number of hydrogen-bond donors (Lipinski definition) is 1. The van der Waals surface area contributed by atoms with Crippen molar-refractivity contribution in [1.29, 1.82) is 0 Å². The van der Waals surface area contributed by atoms with Crippen molar-refractivity contribution in [2.45, 2.75) is 26.1 Å². The van der Waals surface area contributed by atoms with Gasteiger partial charge in [-0.1, -0.05) is 19.1 Å². The molecule has 0 atom stereocenters. The Kier molecular flexibility index (Phi) is 4.07. The van der Waals surface area contributed by atoms with Crippen LogP contribution in [0.3, 0.4) is 0 Å². The number of aromatic nitrogens is 3. The largest absolute Gasteiger partial charge is 0.573 e. The van der Waals surface area contributed by atoms with E-state index in [1.807, 2.05) is 0 Å². The molecule has 1 aromatic heterocycles. The zero-order chi connectivity index (χ0) is 16.5. The first-order valence-electron chi connectivity index (χ1n) is 6.24. The summed E-state index contributed by atoms with van der Waals surface area (Å²) in [5.41, 5.74) is 0.556. The third-order valence-corrected chi connectivity index (χ3v) is 2.77. The van der Waals surface area contributed by atoms with E-state index < -0.39 is 12.3 Å². The molecule has 9 heteroatoms. The van der Waals surface area contributed by atoms with Gasteiger partial charge in [-0.3, -0.25) is 0 Å². The maximum Gasteiger partial charge on any atom is 0.573 e. The van der Waals surface area contributed by atoms with Crippen LogP contribution >= 0.6 is 0 Å². The Hall–Kier alpha value is -2.58. The zero-order valence-electron chi connectivity index (χ0n) is 11.6. The van der Waals surface area contributed by atoms with Gasteiger partial charge in [0.15, 0.2) is 5.69 Å². The molecule has 0 spiro atoms. The summed E-state index contributed by atoms with van der Waals surface area (Å²) in [6.45, 7) is 3.53. The molecule has 22 heavy (non-hydrogen) atoms. The second-order valence-corrected chi connectivity index (χ2v) is 4.74. The quantitative estimate of drug-likeness (QED) is 0.938. The van der Waals surface area contributed by atoms with Crippen LogP contribution in [-0.4, -0.2) is 32.4 Å². The zero-order valence-corrected chi connectivity index (χ0v) is 11.6. The number of aromatic carboxylic acids is 1. The molecule has 0 bridgehead atoms. The highest BCUT2D eigenvalue weighted by atomic mass is 19.4. The molecular formula is C13H12F3N3O3. The lowest BCUT2D eigenvalue weighted by Gasteiger charge is -2.11. The first-order valence-corrected chi connectivity index (χ1v) is 6.24. The summed E-state index contributed by atoms with van der Waals surface area (Å²) < 4.78 is 41.4. The fourth-order valence-electron chi connectivity index (χ4n) is 1.94. The van der Waals surface area contributed by atoms with Crippen LogP contribution in [0, 0.1) is 0 Å². The third-order valence-electron chi connectivity index (χ3n) is 2.77. The molecule has 6 nitrogen and oxygen atoms in total. The molecule has 118 valence electrons. The second-order valence-electron chi connectivity index (χ2n) is 4.74. The Bertz CT molecular complexity index is 678. The van der Waals surface area contributed by atoms with Crippen molar-refractivity contribution in [2.24, 2.45) is 0 Å². The van der Waals surface area contributed by atoms with Crippen LogP contribution in [-0.2, 0) is 0 Å². The van der Waals surface area contributed by atoms with Gasteiger partial charge in [0, 0.05) is 0 Å². The number of rotatable bonds is 4. The number of halogens is 3. The van der Waals surface area contributed by atoms with Crippen molar-refractivity contribution in [1.82, 2.24) is 15.0 Å². The Morgan fingerprint density at radius 2 is 1.86 bits per heavy atom. The number of hydrogen-bond acceptors (Lipinski definition) is 4. The predicted molar refractivity (Wildman–Crippen MR) is 69.1 cm³/mol. The van der Waals surface area contributed by atoms with Gasteiger partial charge in [0.05, 0.1) is 11.4 Å². The van der Waals surface area contributed by atoms with Gasteiger partial charge in [0.1, 0.15) is 5.75 Å². The highest BCUT2D eigenvalue weighted by Gasteiger charge is 2.31. The first-order chi connectivity index (χ1) is 10.2. The van der Waals surface area contributed by atoms with Crippen molar-refractivity contribution in [3.63, 3.8) is 0 Å². The van der Waals surface area contributed by atoms with Gasteiger partial charge in [-0.05, 0) is 30.2 Å². The lowest BCUT2D eigenvalue weighted by Crippen LogP contribution is -2.17. The van der Waals surface area contributed by atoms with Gasteiger partial charge in [-0.2, -0.15) is 0 Å². The van der Waals surface area contributed by atoms with Crippen molar-refractivity contribution >= 4 is 5.97 Å².